The fraction of sp³-hybridized carbons (Fsp3) is 0.556. The maximum absolute atomic E-state index is 12.1. The maximum atomic E-state index is 12.1. The van der Waals surface area contributed by atoms with Crippen LogP contribution in [0.5, 0.6) is 5.88 Å². The molecule has 1 N–H and O–H groups in total. The molecule has 8 heteroatoms. The molecule has 0 radical (unpaired) electrons. The Bertz CT molecular complexity index is 723. The smallest absolute Gasteiger partial charge is 0.272 e. The van der Waals surface area contributed by atoms with Crippen LogP contribution in [0.15, 0.2) is 16.7 Å². The molecule has 2 aromatic heterocycles. The van der Waals surface area contributed by atoms with Crippen LogP contribution in [0.25, 0.3) is 0 Å². The summed E-state index contributed by atoms with van der Waals surface area (Å²) in [4.78, 5) is 12.1. The minimum absolute atomic E-state index is 0.0401. The van der Waals surface area contributed by atoms with E-state index in [9.17, 15) is 4.79 Å². The van der Waals surface area contributed by atoms with Crippen LogP contribution in [0.3, 0.4) is 0 Å². The van der Waals surface area contributed by atoms with Crippen molar-refractivity contribution in [3.63, 3.8) is 0 Å². The molecule has 1 saturated heterocycles. The van der Waals surface area contributed by atoms with Gasteiger partial charge in [-0.15, -0.1) is 10.2 Å². The summed E-state index contributed by atoms with van der Waals surface area (Å²) in [6.07, 6.45) is 3.82. The summed E-state index contributed by atoms with van der Waals surface area (Å²) < 4.78 is 16.2. The highest BCUT2D eigenvalue weighted by Crippen LogP contribution is 2.18. The first-order valence-electron chi connectivity index (χ1n) is 8.96. The molecule has 1 aliphatic rings. The number of ether oxygens (including phenoxy) is 2. The highest BCUT2D eigenvalue weighted by Gasteiger charge is 2.19. The van der Waals surface area contributed by atoms with Crippen LogP contribution in [0.4, 0.5) is 0 Å². The van der Waals surface area contributed by atoms with Crippen molar-refractivity contribution in [2.75, 3.05) is 13.2 Å². The predicted molar refractivity (Wildman–Crippen MR) is 92.9 cm³/mol. The molecule has 0 bridgehead atoms. The molecule has 2 aromatic rings. The van der Waals surface area contributed by atoms with Crippen molar-refractivity contribution in [2.24, 2.45) is 0 Å². The lowest BCUT2D eigenvalue weighted by atomic mass is 10.1. The molecular weight excluding hydrogens is 336 g/mol. The lowest BCUT2D eigenvalue weighted by molar-refractivity contribution is 0.0923. The molecule has 8 nitrogen and oxygen atoms in total. The van der Waals surface area contributed by atoms with Crippen LogP contribution in [-0.4, -0.2) is 40.5 Å². The molecule has 1 amide bonds. The normalized spacial score (nSPS) is 16.6. The number of carbonyl (C=O) groups excluding carboxylic acids is 1. The molecule has 0 spiro atoms. The van der Waals surface area contributed by atoms with E-state index in [4.69, 9.17) is 14.0 Å². The van der Waals surface area contributed by atoms with E-state index in [1.54, 1.807) is 12.1 Å². The third kappa shape index (κ3) is 4.57. The highest BCUT2D eigenvalue weighted by molar-refractivity contribution is 5.92. The summed E-state index contributed by atoms with van der Waals surface area (Å²) in [5, 5.41) is 14.9. The van der Waals surface area contributed by atoms with Gasteiger partial charge in [-0.25, -0.2) is 0 Å². The Morgan fingerprint density at radius 2 is 2.27 bits per heavy atom. The number of nitrogens with one attached hydrogen (secondary N) is 1. The SMILES string of the molecule is CCCCc1noc(C)c1COc1ccc(C(=O)N[C@H]2CCOC2)nn1. The minimum Gasteiger partial charge on any atom is -0.472 e. The summed E-state index contributed by atoms with van der Waals surface area (Å²) in [6.45, 7) is 5.53. The van der Waals surface area contributed by atoms with Gasteiger partial charge >= 0.3 is 0 Å². The second kappa shape index (κ2) is 8.75. The average molecular weight is 360 g/mol. The molecular formula is C18H24N4O4. The minimum atomic E-state index is -0.253. The largest absolute Gasteiger partial charge is 0.472 e. The third-order valence-electron chi connectivity index (χ3n) is 4.34. The van der Waals surface area contributed by atoms with Crippen LogP contribution in [0, 0.1) is 6.92 Å². The second-order valence-electron chi connectivity index (χ2n) is 6.35. The van der Waals surface area contributed by atoms with Gasteiger partial charge in [-0.2, -0.15) is 0 Å². The summed E-state index contributed by atoms with van der Waals surface area (Å²) in [5.74, 6) is 0.850. The first kappa shape index (κ1) is 18.3. The van der Waals surface area contributed by atoms with Crippen molar-refractivity contribution < 1.29 is 18.8 Å². The molecule has 1 atom stereocenters. The number of nitrogens with zero attached hydrogens (tertiary/aromatic N) is 3. The number of amides is 1. The van der Waals surface area contributed by atoms with Crippen molar-refractivity contribution in [3.8, 4) is 5.88 Å². The Hall–Kier alpha value is -2.48. The molecule has 0 aromatic carbocycles. The number of hydrogen-bond donors (Lipinski definition) is 1. The number of carbonyl (C=O) groups is 1. The lowest BCUT2D eigenvalue weighted by Crippen LogP contribution is -2.35. The van der Waals surface area contributed by atoms with Gasteiger partial charge in [0.25, 0.3) is 5.91 Å². The summed E-state index contributed by atoms with van der Waals surface area (Å²) in [6, 6.07) is 3.28. The summed E-state index contributed by atoms with van der Waals surface area (Å²) in [5.41, 5.74) is 2.13. The van der Waals surface area contributed by atoms with Gasteiger partial charge in [0.2, 0.25) is 5.88 Å². The first-order chi connectivity index (χ1) is 12.7. The molecule has 26 heavy (non-hydrogen) atoms. The van der Waals surface area contributed by atoms with Gasteiger partial charge in [0.05, 0.1) is 23.9 Å². The van der Waals surface area contributed by atoms with E-state index in [1.165, 1.54) is 0 Å². The van der Waals surface area contributed by atoms with Crippen molar-refractivity contribution in [1.82, 2.24) is 20.7 Å². The maximum Gasteiger partial charge on any atom is 0.272 e. The number of rotatable bonds is 8. The van der Waals surface area contributed by atoms with E-state index in [-0.39, 0.29) is 17.6 Å². The Morgan fingerprint density at radius 3 is 2.96 bits per heavy atom. The van der Waals surface area contributed by atoms with Crippen LogP contribution in [0.1, 0.15) is 53.7 Å². The molecule has 3 rings (SSSR count). The fourth-order valence-corrected chi connectivity index (χ4v) is 2.73. The van der Waals surface area contributed by atoms with E-state index in [2.05, 4.69) is 27.6 Å². The van der Waals surface area contributed by atoms with Gasteiger partial charge in [-0.05, 0) is 32.3 Å². The second-order valence-corrected chi connectivity index (χ2v) is 6.35. The number of hydrogen-bond acceptors (Lipinski definition) is 7. The monoisotopic (exact) mass is 360 g/mol. The standard InChI is InChI=1S/C18H24N4O4/c1-3-4-5-15-14(12(2)26-22-15)11-25-17-7-6-16(20-21-17)18(23)19-13-8-9-24-10-13/h6-7,13H,3-5,8-11H2,1-2H3,(H,19,23)/t13-/m0/s1. The van der Waals surface area contributed by atoms with Crippen LogP contribution >= 0.6 is 0 Å². The van der Waals surface area contributed by atoms with Gasteiger partial charge in [-0.3, -0.25) is 4.79 Å². The van der Waals surface area contributed by atoms with E-state index >= 15 is 0 Å². The highest BCUT2D eigenvalue weighted by atomic mass is 16.5. The number of aromatic nitrogens is 3. The third-order valence-corrected chi connectivity index (χ3v) is 4.34. The van der Waals surface area contributed by atoms with Crippen LogP contribution in [0.2, 0.25) is 0 Å². The van der Waals surface area contributed by atoms with E-state index < -0.39 is 0 Å². The summed E-state index contributed by atoms with van der Waals surface area (Å²) in [7, 11) is 0. The zero-order chi connectivity index (χ0) is 18.4. The van der Waals surface area contributed by atoms with Gasteiger partial charge in [0.15, 0.2) is 5.69 Å². The Morgan fingerprint density at radius 1 is 1.38 bits per heavy atom. The van der Waals surface area contributed by atoms with E-state index in [1.807, 2.05) is 6.92 Å². The van der Waals surface area contributed by atoms with Crippen molar-refractivity contribution in [1.29, 1.82) is 0 Å². The molecule has 0 unspecified atom stereocenters. The topological polar surface area (TPSA) is 99.4 Å². The molecule has 1 fully saturated rings. The average Bonchev–Trinajstić information content (AvgIpc) is 3.28. The number of unbranched alkanes of at least 4 members (excludes halogenated alkanes) is 1. The van der Waals surface area contributed by atoms with Crippen molar-refractivity contribution >= 4 is 5.91 Å². The Kier molecular flexibility index (Phi) is 6.17. The summed E-state index contributed by atoms with van der Waals surface area (Å²) >= 11 is 0. The molecule has 140 valence electrons. The number of aryl methyl sites for hydroxylation is 2. The zero-order valence-electron chi connectivity index (χ0n) is 15.2. The molecule has 1 aliphatic heterocycles. The molecule has 3 heterocycles. The Balaban J connectivity index is 1.56. The molecule has 0 saturated carbocycles. The quantitative estimate of drug-likeness (QED) is 0.770. The van der Waals surface area contributed by atoms with Crippen molar-refractivity contribution in [3.05, 3.63) is 34.8 Å². The fourth-order valence-electron chi connectivity index (χ4n) is 2.73. The zero-order valence-corrected chi connectivity index (χ0v) is 15.2. The van der Waals surface area contributed by atoms with Crippen LogP contribution < -0.4 is 10.1 Å². The predicted octanol–water partition coefficient (Wildman–Crippen LogP) is 2.21. The van der Waals surface area contributed by atoms with Crippen LogP contribution in [-0.2, 0) is 17.8 Å². The Labute approximate surface area is 152 Å². The van der Waals surface area contributed by atoms with Crippen molar-refractivity contribution in [2.45, 2.75) is 52.2 Å². The van der Waals surface area contributed by atoms with Gasteiger partial charge < -0.3 is 19.3 Å². The molecule has 0 aliphatic carbocycles. The van der Waals surface area contributed by atoms with Gasteiger partial charge in [0, 0.05) is 12.7 Å². The van der Waals surface area contributed by atoms with E-state index in [0.717, 1.165) is 42.7 Å². The van der Waals surface area contributed by atoms with Gasteiger partial charge in [0.1, 0.15) is 12.4 Å². The first-order valence-corrected chi connectivity index (χ1v) is 8.96. The van der Waals surface area contributed by atoms with Gasteiger partial charge in [-0.1, -0.05) is 18.5 Å². The lowest BCUT2D eigenvalue weighted by Gasteiger charge is -2.10. The van der Waals surface area contributed by atoms with E-state index in [0.29, 0.717) is 25.7 Å².